The summed E-state index contributed by atoms with van der Waals surface area (Å²) in [5, 5.41) is 10.9. The zero-order chi connectivity index (χ0) is 13.5. The van der Waals surface area contributed by atoms with Gasteiger partial charge in [-0.3, -0.25) is 0 Å². The van der Waals surface area contributed by atoms with Gasteiger partial charge >= 0.3 is 0 Å². The Morgan fingerprint density at radius 2 is 1.89 bits per heavy atom. The van der Waals surface area contributed by atoms with E-state index < -0.39 is 6.10 Å². The molecule has 1 saturated carbocycles. The van der Waals surface area contributed by atoms with Crippen LogP contribution >= 0.6 is 11.6 Å². The second-order valence-electron chi connectivity index (χ2n) is 5.46. The molecule has 0 bridgehead atoms. The molecule has 1 aromatic rings. The molecule has 1 aliphatic carbocycles. The van der Waals surface area contributed by atoms with Gasteiger partial charge in [-0.1, -0.05) is 67.3 Å². The highest BCUT2D eigenvalue weighted by atomic mass is 35.5. The van der Waals surface area contributed by atoms with Crippen molar-refractivity contribution in [1.29, 1.82) is 0 Å². The SMILES string of the molecule is OC(/C(Cl)=C/CCc1ccccc1)C1CCCCC1. The Kier molecular flexibility index (Phi) is 5.93. The summed E-state index contributed by atoms with van der Waals surface area (Å²) < 4.78 is 0. The van der Waals surface area contributed by atoms with E-state index in [9.17, 15) is 5.11 Å². The molecule has 1 atom stereocenters. The van der Waals surface area contributed by atoms with E-state index in [0.29, 0.717) is 11.0 Å². The molecular weight excluding hydrogens is 256 g/mol. The third-order valence-corrected chi connectivity index (χ3v) is 4.37. The van der Waals surface area contributed by atoms with E-state index in [2.05, 4.69) is 24.3 Å². The Bertz CT molecular complexity index is 393. The number of rotatable bonds is 5. The summed E-state index contributed by atoms with van der Waals surface area (Å²) in [7, 11) is 0. The van der Waals surface area contributed by atoms with Gasteiger partial charge in [0.15, 0.2) is 0 Å². The van der Waals surface area contributed by atoms with E-state index >= 15 is 0 Å². The number of benzene rings is 1. The highest BCUT2D eigenvalue weighted by molar-refractivity contribution is 6.30. The molecule has 1 aliphatic rings. The first-order valence-corrected chi connectivity index (χ1v) is 7.72. The van der Waals surface area contributed by atoms with Crippen molar-refractivity contribution in [3.05, 3.63) is 47.0 Å². The quantitative estimate of drug-likeness (QED) is 0.829. The molecule has 1 aromatic carbocycles. The first-order valence-electron chi connectivity index (χ1n) is 7.35. The summed E-state index contributed by atoms with van der Waals surface area (Å²) in [6.07, 6.45) is 9.42. The highest BCUT2D eigenvalue weighted by Gasteiger charge is 2.23. The van der Waals surface area contributed by atoms with Gasteiger partial charge in [0.05, 0.1) is 6.10 Å². The number of hydrogen-bond acceptors (Lipinski definition) is 1. The number of aliphatic hydroxyl groups excluding tert-OH is 1. The lowest BCUT2D eigenvalue weighted by Crippen LogP contribution is -2.23. The number of aryl methyl sites for hydroxylation is 1. The fourth-order valence-electron chi connectivity index (χ4n) is 2.82. The van der Waals surface area contributed by atoms with Gasteiger partial charge < -0.3 is 5.11 Å². The molecule has 0 spiro atoms. The van der Waals surface area contributed by atoms with E-state index in [0.717, 1.165) is 25.7 Å². The maximum atomic E-state index is 10.2. The van der Waals surface area contributed by atoms with Crippen LogP contribution in [0.2, 0.25) is 0 Å². The minimum Gasteiger partial charge on any atom is -0.387 e. The molecule has 1 nitrogen and oxygen atoms in total. The summed E-state index contributed by atoms with van der Waals surface area (Å²) in [5.41, 5.74) is 1.32. The van der Waals surface area contributed by atoms with Crippen LogP contribution in [-0.4, -0.2) is 11.2 Å². The molecule has 1 N–H and O–H groups in total. The Labute approximate surface area is 121 Å². The van der Waals surface area contributed by atoms with Gasteiger partial charge in [0.1, 0.15) is 0 Å². The number of allylic oxidation sites excluding steroid dienone is 1. The second-order valence-corrected chi connectivity index (χ2v) is 5.89. The molecule has 0 aromatic heterocycles. The van der Waals surface area contributed by atoms with Crippen LogP contribution in [0, 0.1) is 5.92 Å². The maximum Gasteiger partial charge on any atom is 0.0920 e. The summed E-state index contributed by atoms with van der Waals surface area (Å²) in [4.78, 5) is 0. The van der Waals surface area contributed by atoms with Crippen molar-refractivity contribution in [2.75, 3.05) is 0 Å². The molecule has 0 radical (unpaired) electrons. The zero-order valence-electron chi connectivity index (χ0n) is 11.4. The van der Waals surface area contributed by atoms with E-state index in [1.807, 2.05) is 12.1 Å². The van der Waals surface area contributed by atoms with Gasteiger partial charge in [-0.05, 0) is 37.2 Å². The predicted octanol–water partition coefficient (Wildman–Crippen LogP) is 4.68. The molecular formula is C17H23ClO. The van der Waals surface area contributed by atoms with Crippen LogP contribution < -0.4 is 0 Å². The summed E-state index contributed by atoms with van der Waals surface area (Å²) in [5.74, 6) is 0.370. The lowest BCUT2D eigenvalue weighted by Gasteiger charge is -2.26. The Balaban J connectivity index is 1.81. The number of hydrogen-bond donors (Lipinski definition) is 1. The Morgan fingerprint density at radius 3 is 2.58 bits per heavy atom. The predicted molar refractivity (Wildman–Crippen MR) is 81.3 cm³/mol. The average Bonchev–Trinajstić information content (AvgIpc) is 2.48. The number of aliphatic hydroxyl groups is 1. The van der Waals surface area contributed by atoms with Crippen molar-refractivity contribution in [2.24, 2.45) is 5.92 Å². The van der Waals surface area contributed by atoms with Crippen LogP contribution in [0.4, 0.5) is 0 Å². The van der Waals surface area contributed by atoms with E-state index in [1.165, 1.54) is 24.8 Å². The summed E-state index contributed by atoms with van der Waals surface area (Å²) in [6.45, 7) is 0. The van der Waals surface area contributed by atoms with Gasteiger partial charge in [-0.15, -0.1) is 0 Å². The van der Waals surface area contributed by atoms with Crippen molar-refractivity contribution in [2.45, 2.75) is 51.0 Å². The summed E-state index contributed by atoms with van der Waals surface area (Å²) >= 11 is 6.24. The van der Waals surface area contributed by atoms with Gasteiger partial charge in [0.2, 0.25) is 0 Å². The topological polar surface area (TPSA) is 20.2 Å². The normalized spacial score (nSPS) is 19.4. The van der Waals surface area contributed by atoms with Crippen LogP contribution in [0.15, 0.2) is 41.4 Å². The first-order chi connectivity index (χ1) is 9.27. The molecule has 2 heteroatoms. The van der Waals surface area contributed by atoms with Crippen LogP contribution in [0.3, 0.4) is 0 Å². The van der Waals surface area contributed by atoms with Gasteiger partial charge in [-0.25, -0.2) is 0 Å². The fourth-order valence-corrected chi connectivity index (χ4v) is 3.10. The van der Waals surface area contributed by atoms with Gasteiger partial charge in [0, 0.05) is 5.03 Å². The lowest BCUT2D eigenvalue weighted by atomic mass is 9.85. The standard InChI is InChI=1S/C17H23ClO/c18-16(17(19)15-11-5-2-6-12-15)13-7-10-14-8-3-1-4-9-14/h1,3-4,8-9,13,15,17,19H,2,5-7,10-12H2/b16-13-. The second kappa shape index (κ2) is 7.72. The Morgan fingerprint density at radius 1 is 1.21 bits per heavy atom. The molecule has 19 heavy (non-hydrogen) atoms. The van der Waals surface area contributed by atoms with Crippen LogP contribution in [-0.2, 0) is 6.42 Å². The monoisotopic (exact) mass is 278 g/mol. The summed E-state index contributed by atoms with van der Waals surface area (Å²) in [6, 6.07) is 10.4. The third kappa shape index (κ3) is 4.67. The lowest BCUT2D eigenvalue weighted by molar-refractivity contribution is 0.121. The highest BCUT2D eigenvalue weighted by Crippen LogP contribution is 2.30. The smallest absolute Gasteiger partial charge is 0.0920 e. The molecule has 0 amide bonds. The molecule has 1 unspecified atom stereocenters. The Hall–Kier alpha value is -0.790. The third-order valence-electron chi connectivity index (χ3n) is 3.99. The van der Waals surface area contributed by atoms with Gasteiger partial charge in [-0.2, -0.15) is 0 Å². The van der Waals surface area contributed by atoms with E-state index in [4.69, 9.17) is 11.6 Å². The minimum absolute atomic E-state index is 0.370. The van der Waals surface area contributed by atoms with Crippen LogP contribution in [0.5, 0.6) is 0 Å². The zero-order valence-corrected chi connectivity index (χ0v) is 12.1. The molecule has 0 heterocycles. The first kappa shape index (κ1) is 14.6. The van der Waals surface area contributed by atoms with Crippen LogP contribution in [0.25, 0.3) is 0 Å². The molecule has 0 saturated heterocycles. The minimum atomic E-state index is -0.447. The number of halogens is 1. The van der Waals surface area contributed by atoms with Crippen molar-refractivity contribution in [1.82, 2.24) is 0 Å². The van der Waals surface area contributed by atoms with Crippen LogP contribution in [0.1, 0.15) is 44.1 Å². The average molecular weight is 279 g/mol. The fraction of sp³-hybridized carbons (Fsp3) is 0.529. The van der Waals surface area contributed by atoms with Crippen molar-refractivity contribution in [3.8, 4) is 0 Å². The van der Waals surface area contributed by atoms with Crippen molar-refractivity contribution >= 4 is 11.6 Å². The van der Waals surface area contributed by atoms with Crippen molar-refractivity contribution < 1.29 is 5.11 Å². The van der Waals surface area contributed by atoms with Gasteiger partial charge in [0.25, 0.3) is 0 Å². The van der Waals surface area contributed by atoms with E-state index in [-0.39, 0.29) is 0 Å². The van der Waals surface area contributed by atoms with Crippen molar-refractivity contribution in [3.63, 3.8) is 0 Å². The van der Waals surface area contributed by atoms with E-state index in [1.54, 1.807) is 0 Å². The molecule has 2 rings (SSSR count). The largest absolute Gasteiger partial charge is 0.387 e. The molecule has 104 valence electrons. The maximum absolute atomic E-state index is 10.2. The molecule has 1 fully saturated rings. The molecule has 0 aliphatic heterocycles.